The Kier molecular flexibility index (Phi) is 6.04. The Labute approximate surface area is 196 Å². The highest BCUT2D eigenvalue weighted by Crippen LogP contribution is 2.37. The number of hydrogen-bond acceptors (Lipinski definition) is 8. The van der Waals surface area contributed by atoms with E-state index < -0.39 is 11.6 Å². The second-order valence-corrected chi connectivity index (χ2v) is 8.48. The number of hydrogen-bond donors (Lipinski definition) is 1. The number of fused-ring (bicyclic) bond motifs is 1. The largest absolute Gasteiger partial charge is 0.486 e. The maximum Gasteiger partial charge on any atom is 0.225 e. The van der Waals surface area contributed by atoms with E-state index in [1.165, 1.54) is 12.1 Å². The summed E-state index contributed by atoms with van der Waals surface area (Å²) >= 11 is 0. The lowest BCUT2D eigenvalue weighted by molar-refractivity contribution is 0.264. The van der Waals surface area contributed by atoms with Gasteiger partial charge in [0.05, 0.1) is 19.3 Å². The van der Waals surface area contributed by atoms with Crippen LogP contribution in [0.15, 0.2) is 42.7 Å². The maximum absolute atomic E-state index is 13.8. The molecule has 1 aromatic carbocycles. The summed E-state index contributed by atoms with van der Waals surface area (Å²) in [4.78, 5) is 17.4. The zero-order valence-electron chi connectivity index (χ0n) is 19.0. The molecule has 10 heteroatoms. The zero-order valence-corrected chi connectivity index (χ0v) is 19.0. The molecule has 0 amide bonds. The van der Waals surface area contributed by atoms with E-state index in [-0.39, 0.29) is 18.7 Å². The zero-order chi connectivity index (χ0) is 23.7. The number of rotatable bonds is 5. The van der Waals surface area contributed by atoms with E-state index in [1.54, 1.807) is 19.5 Å². The molecule has 1 saturated heterocycles. The van der Waals surface area contributed by atoms with E-state index in [1.807, 2.05) is 24.1 Å². The number of anilines is 3. The number of ether oxygens (including phenoxy) is 2. The lowest BCUT2D eigenvalue weighted by Crippen LogP contribution is -2.39. The van der Waals surface area contributed by atoms with E-state index in [9.17, 15) is 8.78 Å². The standard InChI is InChI=1S/C24H26F2N6O2/c1-31-20(15-9-16(25)11-17(26)10-15)14-34-21-13-28-24(30-23(21)31)29-18-4-7-32(8-5-18)19-3-6-27-22(12-19)33-2/h3,6,9-13,18,20H,4-5,7-8,14H2,1-2H3,(H,28,29,30). The second kappa shape index (κ2) is 9.28. The van der Waals surface area contributed by atoms with Gasteiger partial charge in [-0.3, -0.25) is 0 Å². The van der Waals surface area contributed by atoms with Gasteiger partial charge in [0.1, 0.15) is 18.2 Å². The van der Waals surface area contributed by atoms with Gasteiger partial charge in [0.2, 0.25) is 11.8 Å². The van der Waals surface area contributed by atoms with Gasteiger partial charge in [0, 0.05) is 50.2 Å². The van der Waals surface area contributed by atoms with Crippen LogP contribution in [-0.4, -0.2) is 54.8 Å². The summed E-state index contributed by atoms with van der Waals surface area (Å²) in [5.41, 5.74) is 1.59. The number of pyridine rings is 1. The summed E-state index contributed by atoms with van der Waals surface area (Å²) in [5, 5.41) is 3.43. The fourth-order valence-electron chi connectivity index (χ4n) is 4.47. The topological polar surface area (TPSA) is 75.6 Å². The third-order valence-corrected chi connectivity index (χ3v) is 6.33. The van der Waals surface area contributed by atoms with Crippen molar-refractivity contribution in [1.82, 2.24) is 15.0 Å². The molecule has 0 bridgehead atoms. The molecule has 8 nitrogen and oxygen atoms in total. The van der Waals surface area contributed by atoms with Crippen molar-refractivity contribution in [3.05, 3.63) is 59.9 Å². The average molecular weight is 469 g/mol. The Balaban J connectivity index is 1.26. The van der Waals surface area contributed by atoms with Gasteiger partial charge in [-0.1, -0.05) is 0 Å². The number of benzene rings is 1. The van der Waals surface area contributed by atoms with Gasteiger partial charge in [0.15, 0.2) is 11.6 Å². The van der Waals surface area contributed by atoms with Crippen molar-refractivity contribution in [1.29, 1.82) is 0 Å². The van der Waals surface area contributed by atoms with Gasteiger partial charge in [0.25, 0.3) is 0 Å². The van der Waals surface area contributed by atoms with Crippen LogP contribution in [0.25, 0.3) is 0 Å². The molecule has 0 radical (unpaired) electrons. The Morgan fingerprint density at radius 1 is 1.09 bits per heavy atom. The molecule has 1 N–H and O–H groups in total. The summed E-state index contributed by atoms with van der Waals surface area (Å²) in [7, 11) is 3.45. The van der Waals surface area contributed by atoms with Crippen LogP contribution in [0.4, 0.5) is 26.2 Å². The van der Waals surface area contributed by atoms with Crippen molar-refractivity contribution < 1.29 is 18.3 Å². The van der Waals surface area contributed by atoms with Crippen LogP contribution < -0.4 is 24.6 Å². The van der Waals surface area contributed by atoms with Gasteiger partial charge >= 0.3 is 0 Å². The van der Waals surface area contributed by atoms with Crippen LogP contribution in [0, 0.1) is 11.6 Å². The Morgan fingerprint density at radius 3 is 2.59 bits per heavy atom. The highest BCUT2D eigenvalue weighted by Gasteiger charge is 2.29. The van der Waals surface area contributed by atoms with Crippen LogP contribution >= 0.6 is 0 Å². The lowest BCUT2D eigenvalue weighted by Gasteiger charge is -2.36. The molecule has 1 atom stereocenters. The predicted molar refractivity (Wildman–Crippen MR) is 125 cm³/mol. The van der Waals surface area contributed by atoms with Gasteiger partial charge in [-0.25, -0.2) is 18.7 Å². The molecular weight excluding hydrogens is 442 g/mol. The number of piperidine rings is 1. The molecule has 2 aliphatic rings. The van der Waals surface area contributed by atoms with Gasteiger partial charge in [-0.05, 0) is 36.6 Å². The van der Waals surface area contributed by atoms with Crippen LogP contribution in [0.1, 0.15) is 24.4 Å². The quantitative estimate of drug-likeness (QED) is 0.606. The van der Waals surface area contributed by atoms with Crippen molar-refractivity contribution in [2.45, 2.75) is 24.9 Å². The minimum absolute atomic E-state index is 0.223. The minimum Gasteiger partial charge on any atom is -0.486 e. The molecular formula is C24H26F2N6O2. The molecule has 0 spiro atoms. The molecule has 0 saturated carbocycles. The van der Waals surface area contributed by atoms with Crippen molar-refractivity contribution in [3.8, 4) is 11.6 Å². The molecule has 4 heterocycles. The Bertz CT molecular complexity index is 1150. The third-order valence-electron chi connectivity index (χ3n) is 6.33. The van der Waals surface area contributed by atoms with Gasteiger partial charge in [-0.2, -0.15) is 4.98 Å². The first kappa shape index (κ1) is 22.1. The number of nitrogens with zero attached hydrogens (tertiary/aromatic N) is 5. The molecule has 34 heavy (non-hydrogen) atoms. The van der Waals surface area contributed by atoms with E-state index in [0.717, 1.165) is 37.7 Å². The van der Waals surface area contributed by atoms with Crippen LogP contribution in [-0.2, 0) is 0 Å². The molecule has 0 aliphatic carbocycles. The molecule has 3 aromatic rings. The average Bonchev–Trinajstić information content (AvgIpc) is 2.84. The third kappa shape index (κ3) is 4.52. The van der Waals surface area contributed by atoms with Crippen LogP contribution in [0.2, 0.25) is 0 Å². The first-order valence-corrected chi connectivity index (χ1v) is 11.2. The maximum atomic E-state index is 13.8. The minimum atomic E-state index is -0.615. The predicted octanol–water partition coefficient (Wildman–Crippen LogP) is 3.81. The smallest absolute Gasteiger partial charge is 0.225 e. The van der Waals surface area contributed by atoms with Crippen molar-refractivity contribution in [2.75, 3.05) is 49.0 Å². The van der Waals surface area contributed by atoms with Crippen molar-refractivity contribution >= 4 is 17.5 Å². The second-order valence-electron chi connectivity index (χ2n) is 8.48. The molecule has 2 aromatic heterocycles. The van der Waals surface area contributed by atoms with Crippen molar-refractivity contribution in [2.24, 2.45) is 0 Å². The van der Waals surface area contributed by atoms with Crippen molar-refractivity contribution in [3.63, 3.8) is 0 Å². The summed E-state index contributed by atoms with van der Waals surface area (Å²) in [6.45, 7) is 2.01. The molecule has 2 aliphatic heterocycles. The lowest BCUT2D eigenvalue weighted by atomic mass is 10.0. The molecule has 5 rings (SSSR count). The van der Waals surface area contributed by atoms with Gasteiger partial charge in [-0.15, -0.1) is 0 Å². The van der Waals surface area contributed by atoms with Gasteiger partial charge < -0.3 is 24.6 Å². The summed E-state index contributed by atoms with van der Waals surface area (Å²) in [6.07, 6.45) is 5.23. The normalized spacial score (nSPS) is 18.3. The highest BCUT2D eigenvalue weighted by atomic mass is 19.1. The molecule has 178 valence electrons. The summed E-state index contributed by atoms with van der Waals surface area (Å²) in [6, 6.07) is 7.30. The van der Waals surface area contributed by atoms with E-state index in [4.69, 9.17) is 9.47 Å². The van der Waals surface area contributed by atoms with E-state index >= 15 is 0 Å². The SMILES string of the molecule is COc1cc(N2CCC(Nc3ncc4c(n3)N(C)C(c3cc(F)cc(F)c3)CO4)CC2)ccn1. The summed E-state index contributed by atoms with van der Waals surface area (Å²) < 4.78 is 38.5. The Morgan fingerprint density at radius 2 is 1.85 bits per heavy atom. The monoisotopic (exact) mass is 468 g/mol. The first-order valence-electron chi connectivity index (χ1n) is 11.2. The molecule has 1 fully saturated rings. The number of likely N-dealkylation sites (N-methyl/N-ethyl adjacent to an activating group) is 1. The number of nitrogens with one attached hydrogen (secondary N) is 1. The first-order chi connectivity index (χ1) is 16.5. The highest BCUT2D eigenvalue weighted by molar-refractivity contribution is 5.57. The Hall–Kier alpha value is -3.69. The van der Waals surface area contributed by atoms with Crippen LogP contribution in [0.5, 0.6) is 11.6 Å². The number of halogens is 2. The fraction of sp³-hybridized carbons (Fsp3) is 0.375. The van der Waals surface area contributed by atoms with E-state index in [0.29, 0.717) is 29.0 Å². The van der Waals surface area contributed by atoms with E-state index in [2.05, 4.69) is 25.2 Å². The molecule has 1 unspecified atom stereocenters. The number of aromatic nitrogens is 3. The van der Waals surface area contributed by atoms with Crippen LogP contribution in [0.3, 0.4) is 0 Å². The number of methoxy groups -OCH3 is 1. The summed E-state index contributed by atoms with van der Waals surface area (Å²) in [5.74, 6) is 1.00. The fourth-order valence-corrected chi connectivity index (χ4v) is 4.47.